The van der Waals surface area contributed by atoms with E-state index in [1.165, 1.54) is 6.08 Å². The maximum absolute atomic E-state index is 11.9. The van der Waals surface area contributed by atoms with Gasteiger partial charge >= 0.3 is 0 Å². The standard InChI is InChI=1S/C17H16ClNO2/c1-2-21-15-8-5-7-14(12-15)19-17(20)11-10-13-6-3-4-9-16(13)18/h3-12H,2H2,1H3,(H,19,20)/b11-10+. The number of ether oxygens (including phenoxy) is 1. The number of anilines is 1. The molecule has 0 heterocycles. The lowest BCUT2D eigenvalue weighted by molar-refractivity contribution is -0.111. The van der Waals surface area contributed by atoms with Gasteiger partial charge in [-0.3, -0.25) is 4.79 Å². The second-order valence-electron chi connectivity index (χ2n) is 4.30. The number of amides is 1. The van der Waals surface area contributed by atoms with Crippen molar-refractivity contribution in [1.82, 2.24) is 0 Å². The summed E-state index contributed by atoms with van der Waals surface area (Å²) in [6, 6.07) is 14.6. The van der Waals surface area contributed by atoms with E-state index in [1.807, 2.05) is 43.3 Å². The Morgan fingerprint density at radius 1 is 1.24 bits per heavy atom. The van der Waals surface area contributed by atoms with Crippen LogP contribution in [0.1, 0.15) is 12.5 Å². The van der Waals surface area contributed by atoms with E-state index in [0.29, 0.717) is 17.3 Å². The summed E-state index contributed by atoms with van der Waals surface area (Å²) in [7, 11) is 0. The van der Waals surface area contributed by atoms with Crippen molar-refractivity contribution in [2.75, 3.05) is 11.9 Å². The van der Waals surface area contributed by atoms with Crippen molar-refractivity contribution >= 4 is 29.3 Å². The van der Waals surface area contributed by atoms with Crippen LogP contribution in [0.15, 0.2) is 54.6 Å². The maximum Gasteiger partial charge on any atom is 0.248 e. The molecule has 0 aromatic heterocycles. The van der Waals surface area contributed by atoms with E-state index in [9.17, 15) is 4.79 Å². The van der Waals surface area contributed by atoms with Gasteiger partial charge in [-0.2, -0.15) is 0 Å². The first-order valence-electron chi connectivity index (χ1n) is 6.65. The zero-order chi connectivity index (χ0) is 15.1. The van der Waals surface area contributed by atoms with Crippen molar-refractivity contribution in [3.8, 4) is 5.75 Å². The van der Waals surface area contributed by atoms with Gasteiger partial charge in [0.25, 0.3) is 0 Å². The fourth-order valence-corrected chi connectivity index (χ4v) is 1.99. The SMILES string of the molecule is CCOc1cccc(NC(=O)/C=C/c2ccccc2Cl)c1. The Kier molecular flexibility index (Phi) is 5.41. The molecule has 0 unspecified atom stereocenters. The summed E-state index contributed by atoms with van der Waals surface area (Å²) in [6.07, 6.45) is 3.14. The fraction of sp³-hybridized carbons (Fsp3) is 0.118. The summed E-state index contributed by atoms with van der Waals surface area (Å²) >= 11 is 6.02. The molecule has 21 heavy (non-hydrogen) atoms. The quantitative estimate of drug-likeness (QED) is 0.832. The summed E-state index contributed by atoms with van der Waals surface area (Å²) in [5.74, 6) is 0.508. The molecule has 2 rings (SSSR count). The number of rotatable bonds is 5. The Bertz CT molecular complexity index is 653. The van der Waals surface area contributed by atoms with Crippen LogP contribution in [0.5, 0.6) is 5.75 Å². The molecule has 0 saturated heterocycles. The maximum atomic E-state index is 11.9. The van der Waals surface area contributed by atoms with Crippen molar-refractivity contribution < 1.29 is 9.53 Å². The summed E-state index contributed by atoms with van der Waals surface area (Å²) in [5, 5.41) is 3.39. The largest absolute Gasteiger partial charge is 0.494 e. The lowest BCUT2D eigenvalue weighted by Gasteiger charge is -2.06. The fourth-order valence-electron chi connectivity index (χ4n) is 1.79. The van der Waals surface area contributed by atoms with Gasteiger partial charge in [-0.1, -0.05) is 35.9 Å². The minimum absolute atomic E-state index is 0.219. The molecular weight excluding hydrogens is 286 g/mol. The predicted octanol–water partition coefficient (Wildman–Crippen LogP) is 4.39. The lowest BCUT2D eigenvalue weighted by Crippen LogP contribution is -2.07. The molecule has 0 atom stereocenters. The van der Waals surface area contributed by atoms with Gasteiger partial charge < -0.3 is 10.1 Å². The third-order valence-electron chi connectivity index (χ3n) is 2.73. The second-order valence-corrected chi connectivity index (χ2v) is 4.71. The first kappa shape index (κ1) is 15.1. The molecule has 108 valence electrons. The molecule has 1 N–H and O–H groups in total. The summed E-state index contributed by atoms with van der Waals surface area (Å²) < 4.78 is 5.39. The molecular formula is C17H16ClNO2. The van der Waals surface area contributed by atoms with Crippen molar-refractivity contribution in [2.45, 2.75) is 6.92 Å². The molecule has 0 spiro atoms. The average Bonchev–Trinajstić information content (AvgIpc) is 2.47. The first-order valence-corrected chi connectivity index (χ1v) is 7.03. The molecule has 0 aliphatic rings. The monoisotopic (exact) mass is 301 g/mol. The van der Waals surface area contributed by atoms with Gasteiger partial charge in [-0.05, 0) is 36.8 Å². The van der Waals surface area contributed by atoms with Crippen LogP contribution in [0, 0.1) is 0 Å². The van der Waals surface area contributed by atoms with Crippen LogP contribution >= 0.6 is 11.6 Å². The molecule has 0 aliphatic carbocycles. The summed E-state index contributed by atoms with van der Waals surface area (Å²) in [5.41, 5.74) is 1.49. The zero-order valence-electron chi connectivity index (χ0n) is 11.7. The normalized spacial score (nSPS) is 10.6. The number of benzene rings is 2. The highest BCUT2D eigenvalue weighted by Crippen LogP contribution is 2.18. The van der Waals surface area contributed by atoms with Gasteiger partial charge in [-0.25, -0.2) is 0 Å². The Morgan fingerprint density at radius 2 is 2.05 bits per heavy atom. The molecule has 2 aromatic rings. The topological polar surface area (TPSA) is 38.3 Å². The number of carbonyl (C=O) groups excluding carboxylic acids is 1. The molecule has 0 fully saturated rings. The Balaban J connectivity index is 2.02. The smallest absolute Gasteiger partial charge is 0.248 e. The van der Waals surface area contributed by atoms with Crippen LogP contribution in [0.4, 0.5) is 5.69 Å². The van der Waals surface area contributed by atoms with E-state index in [2.05, 4.69) is 5.32 Å². The minimum atomic E-state index is -0.219. The van der Waals surface area contributed by atoms with Crippen LogP contribution in [0.25, 0.3) is 6.08 Å². The number of hydrogen-bond donors (Lipinski definition) is 1. The van der Waals surface area contributed by atoms with Crippen molar-refractivity contribution in [3.05, 3.63) is 65.2 Å². The highest BCUT2D eigenvalue weighted by Gasteiger charge is 2.00. The first-order chi connectivity index (χ1) is 10.2. The molecule has 0 bridgehead atoms. The highest BCUT2D eigenvalue weighted by molar-refractivity contribution is 6.32. The van der Waals surface area contributed by atoms with Gasteiger partial charge in [0, 0.05) is 22.9 Å². The second kappa shape index (κ2) is 7.50. The van der Waals surface area contributed by atoms with Crippen LogP contribution in [0.2, 0.25) is 5.02 Å². The van der Waals surface area contributed by atoms with Crippen molar-refractivity contribution in [2.24, 2.45) is 0 Å². The van der Waals surface area contributed by atoms with Crippen molar-refractivity contribution in [3.63, 3.8) is 0 Å². The van der Waals surface area contributed by atoms with E-state index >= 15 is 0 Å². The van der Waals surface area contributed by atoms with Gasteiger partial charge in [0.2, 0.25) is 5.91 Å². The number of nitrogens with one attached hydrogen (secondary N) is 1. The Labute approximate surface area is 129 Å². The Morgan fingerprint density at radius 3 is 2.81 bits per heavy atom. The number of carbonyl (C=O) groups is 1. The van der Waals surface area contributed by atoms with Gasteiger partial charge in [-0.15, -0.1) is 0 Å². The summed E-state index contributed by atoms with van der Waals surface area (Å²) in [4.78, 5) is 11.9. The third-order valence-corrected chi connectivity index (χ3v) is 3.08. The van der Waals surface area contributed by atoms with E-state index in [1.54, 1.807) is 18.2 Å². The number of halogens is 1. The van der Waals surface area contributed by atoms with Gasteiger partial charge in [0.05, 0.1) is 6.61 Å². The Hall–Kier alpha value is -2.26. The molecule has 2 aromatic carbocycles. The van der Waals surface area contributed by atoms with E-state index in [-0.39, 0.29) is 5.91 Å². The molecule has 0 saturated carbocycles. The number of hydrogen-bond acceptors (Lipinski definition) is 2. The minimum Gasteiger partial charge on any atom is -0.494 e. The van der Waals surface area contributed by atoms with E-state index < -0.39 is 0 Å². The zero-order valence-corrected chi connectivity index (χ0v) is 12.4. The third kappa shape index (κ3) is 4.65. The lowest BCUT2D eigenvalue weighted by atomic mass is 10.2. The van der Waals surface area contributed by atoms with Crippen LogP contribution < -0.4 is 10.1 Å². The van der Waals surface area contributed by atoms with E-state index in [4.69, 9.17) is 16.3 Å². The molecule has 1 amide bonds. The molecule has 0 aliphatic heterocycles. The average molecular weight is 302 g/mol. The van der Waals surface area contributed by atoms with Gasteiger partial charge in [0.1, 0.15) is 5.75 Å². The predicted molar refractivity (Wildman–Crippen MR) is 86.7 cm³/mol. The van der Waals surface area contributed by atoms with E-state index in [0.717, 1.165) is 11.3 Å². The van der Waals surface area contributed by atoms with Crippen LogP contribution in [-0.4, -0.2) is 12.5 Å². The van der Waals surface area contributed by atoms with Crippen molar-refractivity contribution in [1.29, 1.82) is 0 Å². The van der Waals surface area contributed by atoms with Crippen LogP contribution in [0.3, 0.4) is 0 Å². The van der Waals surface area contributed by atoms with Gasteiger partial charge in [0.15, 0.2) is 0 Å². The molecule has 4 heteroatoms. The summed E-state index contributed by atoms with van der Waals surface area (Å²) in [6.45, 7) is 2.50. The molecule has 0 radical (unpaired) electrons. The molecule has 3 nitrogen and oxygen atoms in total. The highest BCUT2D eigenvalue weighted by atomic mass is 35.5. The van der Waals surface area contributed by atoms with Crippen LogP contribution in [-0.2, 0) is 4.79 Å².